The second-order valence-corrected chi connectivity index (χ2v) is 9.52. The largest absolute Gasteiger partial charge is 0.478 e. The van der Waals surface area contributed by atoms with Crippen molar-refractivity contribution in [3.8, 4) is 23.5 Å². The van der Waals surface area contributed by atoms with Gasteiger partial charge in [-0.15, -0.1) is 0 Å². The maximum Gasteiger partial charge on any atom is 0.257 e. The van der Waals surface area contributed by atoms with Crippen LogP contribution in [-0.4, -0.2) is 58.2 Å². The smallest absolute Gasteiger partial charge is 0.257 e. The molecule has 0 radical (unpaired) electrons. The number of rotatable bonds is 3. The topological polar surface area (TPSA) is 96.6 Å². The highest BCUT2D eigenvalue weighted by Gasteiger charge is 2.31. The molecule has 3 unspecified atom stereocenters. The average Bonchev–Trinajstić information content (AvgIpc) is 2.95. The van der Waals surface area contributed by atoms with E-state index in [4.69, 9.17) is 14.2 Å². The van der Waals surface area contributed by atoms with E-state index >= 15 is 0 Å². The van der Waals surface area contributed by atoms with Gasteiger partial charge in [-0.25, -0.2) is 4.98 Å². The van der Waals surface area contributed by atoms with Crippen molar-refractivity contribution in [1.29, 1.82) is 0 Å². The summed E-state index contributed by atoms with van der Waals surface area (Å²) >= 11 is 0. The molecule has 3 aliphatic rings. The van der Waals surface area contributed by atoms with Gasteiger partial charge < -0.3 is 29.3 Å². The van der Waals surface area contributed by atoms with E-state index in [9.17, 15) is 10.2 Å². The number of aliphatic hydroxyl groups excluding tert-OH is 1. The van der Waals surface area contributed by atoms with Gasteiger partial charge in [0, 0.05) is 29.9 Å². The summed E-state index contributed by atoms with van der Waals surface area (Å²) < 4.78 is 17.5. The number of pyridine rings is 1. The van der Waals surface area contributed by atoms with Crippen LogP contribution in [-0.2, 0) is 16.8 Å². The van der Waals surface area contributed by atoms with Gasteiger partial charge in [0.15, 0.2) is 11.9 Å². The molecule has 4 heterocycles. The number of aliphatic imine (C=N–C) groups is 1. The normalized spacial score (nSPS) is 21.0. The Balaban J connectivity index is 1.18. The van der Waals surface area contributed by atoms with Gasteiger partial charge in [-0.1, -0.05) is 48.2 Å². The molecule has 1 aromatic heterocycles. The van der Waals surface area contributed by atoms with Crippen LogP contribution in [0.4, 0.5) is 0 Å². The van der Waals surface area contributed by atoms with Crippen molar-refractivity contribution >= 4 is 11.6 Å². The van der Waals surface area contributed by atoms with E-state index in [-0.39, 0.29) is 12.7 Å². The van der Waals surface area contributed by atoms with Crippen molar-refractivity contribution in [2.45, 2.75) is 31.4 Å². The van der Waals surface area contributed by atoms with E-state index < -0.39 is 12.0 Å². The van der Waals surface area contributed by atoms with Gasteiger partial charge in [0.2, 0.25) is 12.2 Å². The molecule has 8 heteroatoms. The van der Waals surface area contributed by atoms with Crippen LogP contribution in [0, 0.1) is 11.8 Å². The van der Waals surface area contributed by atoms with Gasteiger partial charge >= 0.3 is 0 Å². The Hall–Kier alpha value is -4.32. The molecule has 3 aromatic rings. The highest BCUT2D eigenvalue weighted by molar-refractivity contribution is 5.97. The lowest BCUT2D eigenvalue weighted by Gasteiger charge is -2.37. The zero-order chi connectivity index (χ0) is 26.1. The standard InChI is InChI=1S/C30H27N3O5/c1-30(35,22-6-3-2-4-7-22)13-11-20-9-10-24-21(16-20)12-15-33-25(24)17-27(32-29(33)34)36-18-23-19-37-28-26(38-23)8-5-14-31-28/h2-10,14,16-17,23,29,34-35H,12,15,18-19H2,1H3. The maximum absolute atomic E-state index is 10.8. The molecule has 192 valence electrons. The monoisotopic (exact) mass is 509 g/mol. The van der Waals surface area contributed by atoms with Gasteiger partial charge in [0.25, 0.3) is 5.88 Å². The number of hydrogen-bond acceptors (Lipinski definition) is 8. The summed E-state index contributed by atoms with van der Waals surface area (Å²) in [6.45, 7) is 2.83. The van der Waals surface area contributed by atoms with Crippen LogP contribution in [0.5, 0.6) is 11.6 Å². The van der Waals surface area contributed by atoms with Gasteiger partial charge in [0.05, 0.1) is 5.70 Å². The first-order valence-electron chi connectivity index (χ1n) is 12.5. The molecule has 0 aliphatic carbocycles. The molecule has 0 saturated heterocycles. The molecule has 2 N–H and O–H groups in total. The third-order valence-electron chi connectivity index (χ3n) is 6.73. The van der Waals surface area contributed by atoms with Gasteiger partial charge in [-0.2, -0.15) is 4.99 Å². The number of nitrogens with zero attached hydrogens (tertiary/aromatic N) is 3. The van der Waals surface area contributed by atoms with Gasteiger partial charge in [0.1, 0.15) is 18.8 Å². The molecule has 8 nitrogen and oxygen atoms in total. The molecule has 2 aromatic carbocycles. The van der Waals surface area contributed by atoms with Crippen molar-refractivity contribution in [2.24, 2.45) is 4.99 Å². The lowest BCUT2D eigenvalue weighted by Crippen LogP contribution is -2.41. The Labute approximate surface area is 220 Å². The molecule has 0 bridgehead atoms. The third kappa shape index (κ3) is 4.82. The summed E-state index contributed by atoms with van der Waals surface area (Å²) in [5.41, 5.74) is 3.26. The lowest BCUT2D eigenvalue weighted by molar-refractivity contribution is 0.0348. The third-order valence-corrected chi connectivity index (χ3v) is 6.73. The minimum atomic E-state index is -1.25. The molecule has 0 amide bonds. The van der Waals surface area contributed by atoms with Crippen LogP contribution in [0.1, 0.15) is 29.2 Å². The second-order valence-electron chi connectivity index (χ2n) is 9.52. The maximum atomic E-state index is 10.8. The molecule has 38 heavy (non-hydrogen) atoms. The Morgan fingerprint density at radius 2 is 2.03 bits per heavy atom. The summed E-state index contributed by atoms with van der Waals surface area (Å²) in [4.78, 5) is 10.3. The first-order chi connectivity index (χ1) is 18.5. The number of hydrogen-bond donors (Lipinski definition) is 2. The SMILES string of the molecule is CC(O)(C#Cc1ccc2c(c1)CCN1C2=CC(OCC2COc3ncccc3O2)=NC1O)c1ccccc1. The van der Waals surface area contributed by atoms with E-state index in [0.717, 1.165) is 34.4 Å². The van der Waals surface area contributed by atoms with E-state index in [0.29, 0.717) is 30.7 Å². The number of aliphatic hydroxyl groups is 2. The number of benzene rings is 2. The van der Waals surface area contributed by atoms with Crippen molar-refractivity contribution in [1.82, 2.24) is 9.88 Å². The number of fused-ring (bicyclic) bond motifs is 4. The van der Waals surface area contributed by atoms with Crippen molar-refractivity contribution in [3.63, 3.8) is 0 Å². The fourth-order valence-electron chi connectivity index (χ4n) is 4.71. The van der Waals surface area contributed by atoms with Crippen LogP contribution in [0.3, 0.4) is 0 Å². The van der Waals surface area contributed by atoms with E-state index in [1.807, 2.05) is 59.5 Å². The number of ether oxygens (including phenoxy) is 3. The lowest BCUT2D eigenvalue weighted by atomic mass is 9.93. The predicted octanol–water partition coefficient (Wildman–Crippen LogP) is 3.08. The molecular formula is C30H27N3O5. The molecule has 6 rings (SSSR count). The highest BCUT2D eigenvalue weighted by Crippen LogP contribution is 2.33. The highest BCUT2D eigenvalue weighted by atomic mass is 16.6. The van der Waals surface area contributed by atoms with Gasteiger partial charge in [-0.3, -0.25) is 0 Å². The van der Waals surface area contributed by atoms with Crippen LogP contribution in [0.15, 0.2) is 77.9 Å². The summed E-state index contributed by atoms with van der Waals surface area (Å²) in [5.74, 6) is 7.51. The Kier molecular flexibility index (Phi) is 6.24. The molecule has 3 aliphatic heterocycles. The Morgan fingerprint density at radius 3 is 2.89 bits per heavy atom. The molecule has 0 saturated carbocycles. The zero-order valence-corrected chi connectivity index (χ0v) is 20.9. The van der Waals surface area contributed by atoms with E-state index in [2.05, 4.69) is 21.8 Å². The summed E-state index contributed by atoms with van der Waals surface area (Å²) in [7, 11) is 0. The molecular weight excluding hydrogens is 482 g/mol. The Bertz CT molecular complexity index is 1470. The van der Waals surface area contributed by atoms with Crippen molar-refractivity contribution < 1.29 is 24.4 Å². The summed E-state index contributed by atoms with van der Waals surface area (Å²) in [5, 5.41) is 21.5. The predicted molar refractivity (Wildman–Crippen MR) is 141 cm³/mol. The van der Waals surface area contributed by atoms with Crippen LogP contribution >= 0.6 is 0 Å². The van der Waals surface area contributed by atoms with Gasteiger partial charge in [-0.05, 0) is 48.7 Å². The van der Waals surface area contributed by atoms with Crippen LogP contribution < -0.4 is 9.47 Å². The zero-order valence-electron chi connectivity index (χ0n) is 20.9. The van der Waals surface area contributed by atoms with Crippen molar-refractivity contribution in [2.75, 3.05) is 19.8 Å². The first kappa shape index (κ1) is 24.0. The molecule has 0 spiro atoms. The quantitative estimate of drug-likeness (QED) is 0.524. The van der Waals surface area contributed by atoms with E-state index in [1.165, 1.54) is 0 Å². The Morgan fingerprint density at radius 1 is 1.16 bits per heavy atom. The molecule has 0 fully saturated rings. The molecule has 3 atom stereocenters. The average molecular weight is 510 g/mol. The fourth-order valence-corrected chi connectivity index (χ4v) is 4.71. The van der Waals surface area contributed by atoms with Crippen LogP contribution in [0.2, 0.25) is 0 Å². The minimum absolute atomic E-state index is 0.215. The summed E-state index contributed by atoms with van der Waals surface area (Å²) in [6.07, 6.45) is 2.87. The van der Waals surface area contributed by atoms with E-state index in [1.54, 1.807) is 25.3 Å². The number of aromatic nitrogens is 1. The van der Waals surface area contributed by atoms with Crippen molar-refractivity contribution in [3.05, 3.63) is 95.2 Å². The fraction of sp³-hybridized carbons (Fsp3) is 0.267. The second kappa shape index (κ2) is 9.86. The first-order valence-corrected chi connectivity index (χ1v) is 12.5. The minimum Gasteiger partial charge on any atom is -0.478 e. The summed E-state index contributed by atoms with van der Waals surface area (Å²) in [6, 6.07) is 19.0. The van der Waals surface area contributed by atoms with Crippen LogP contribution in [0.25, 0.3) is 5.70 Å².